The lowest BCUT2D eigenvalue weighted by Crippen LogP contribution is -2.24. The van der Waals surface area contributed by atoms with Crippen LogP contribution in [0.5, 0.6) is 0 Å². The van der Waals surface area contributed by atoms with Gasteiger partial charge in [-0.25, -0.2) is 4.98 Å². The second-order valence-corrected chi connectivity index (χ2v) is 5.84. The Balaban J connectivity index is 1.92. The van der Waals surface area contributed by atoms with Gasteiger partial charge in [-0.2, -0.15) is 0 Å². The summed E-state index contributed by atoms with van der Waals surface area (Å²) in [6, 6.07) is 7.23. The quantitative estimate of drug-likeness (QED) is 0.804. The summed E-state index contributed by atoms with van der Waals surface area (Å²) >= 11 is 1.61. The number of carbonyl (C=O) groups is 2. The first-order valence-electron chi connectivity index (χ1n) is 6.59. The number of thiazole rings is 1. The second-order valence-electron chi connectivity index (χ2n) is 4.61. The lowest BCUT2D eigenvalue weighted by Gasteiger charge is -2.05. The van der Waals surface area contributed by atoms with E-state index in [1.165, 1.54) is 0 Å². The Morgan fingerprint density at radius 2 is 2.00 bits per heavy atom. The highest BCUT2D eigenvalue weighted by Gasteiger charge is 2.07. The van der Waals surface area contributed by atoms with E-state index in [1.807, 2.05) is 25.3 Å². The lowest BCUT2D eigenvalue weighted by atomic mass is 10.1. The van der Waals surface area contributed by atoms with E-state index in [2.05, 4.69) is 10.3 Å². The molecule has 0 bridgehead atoms. The van der Waals surface area contributed by atoms with Crippen molar-refractivity contribution in [2.75, 3.05) is 6.54 Å². The first kappa shape index (κ1) is 15.2. The van der Waals surface area contributed by atoms with Crippen LogP contribution in [0.4, 0.5) is 0 Å². The summed E-state index contributed by atoms with van der Waals surface area (Å²) in [5.74, 6) is -1.05. The first-order chi connectivity index (χ1) is 10.1. The molecule has 0 radical (unpaired) electrons. The second kappa shape index (κ2) is 6.99. The van der Waals surface area contributed by atoms with Gasteiger partial charge in [0.1, 0.15) is 5.01 Å². The molecule has 0 aliphatic heterocycles. The largest absolute Gasteiger partial charge is 0.481 e. The van der Waals surface area contributed by atoms with Crippen LogP contribution < -0.4 is 5.32 Å². The topological polar surface area (TPSA) is 79.3 Å². The fraction of sp³-hybridized carbons (Fsp3) is 0.267. The van der Waals surface area contributed by atoms with Gasteiger partial charge in [0.05, 0.1) is 0 Å². The van der Waals surface area contributed by atoms with E-state index in [-0.39, 0.29) is 12.3 Å². The third-order valence-electron chi connectivity index (χ3n) is 2.87. The van der Waals surface area contributed by atoms with Gasteiger partial charge in [-0.15, -0.1) is 11.3 Å². The van der Waals surface area contributed by atoms with E-state index < -0.39 is 5.97 Å². The van der Waals surface area contributed by atoms with Crippen LogP contribution in [0.1, 0.15) is 28.1 Å². The molecule has 2 rings (SSSR count). The summed E-state index contributed by atoms with van der Waals surface area (Å²) in [5.41, 5.74) is 1.54. The van der Waals surface area contributed by atoms with Crippen LogP contribution in [-0.4, -0.2) is 28.5 Å². The van der Waals surface area contributed by atoms with Gasteiger partial charge in [-0.3, -0.25) is 9.59 Å². The molecular formula is C15H16N2O3S. The zero-order valence-electron chi connectivity index (χ0n) is 11.6. The van der Waals surface area contributed by atoms with Gasteiger partial charge in [0.25, 0.3) is 5.91 Å². The van der Waals surface area contributed by atoms with Gasteiger partial charge in [0.15, 0.2) is 0 Å². The average Bonchev–Trinajstić information content (AvgIpc) is 2.90. The van der Waals surface area contributed by atoms with Crippen molar-refractivity contribution in [1.82, 2.24) is 10.3 Å². The maximum Gasteiger partial charge on any atom is 0.303 e. The predicted octanol–water partition coefficient (Wildman–Crippen LogP) is 2.71. The molecule has 0 unspecified atom stereocenters. The smallest absolute Gasteiger partial charge is 0.303 e. The van der Waals surface area contributed by atoms with Crippen molar-refractivity contribution in [2.24, 2.45) is 0 Å². The third kappa shape index (κ3) is 4.39. The highest BCUT2D eigenvalue weighted by atomic mass is 32.1. The van der Waals surface area contributed by atoms with Gasteiger partial charge in [0, 0.05) is 35.2 Å². The number of nitrogens with one attached hydrogen (secondary N) is 1. The van der Waals surface area contributed by atoms with Gasteiger partial charge in [-0.05, 0) is 25.5 Å². The molecule has 1 aromatic heterocycles. The van der Waals surface area contributed by atoms with E-state index in [0.717, 1.165) is 15.4 Å². The summed E-state index contributed by atoms with van der Waals surface area (Å²) in [5, 5.41) is 12.2. The van der Waals surface area contributed by atoms with Crippen molar-refractivity contribution < 1.29 is 14.7 Å². The summed E-state index contributed by atoms with van der Waals surface area (Å²) in [4.78, 5) is 27.7. The summed E-state index contributed by atoms with van der Waals surface area (Å²) in [6.45, 7) is 2.36. The molecule has 0 aliphatic rings. The normalized spacial score (nSPS) is 10.3. The van der Waals surface area contributed by atoms with Crippen molar-refractivity contribution in [1.29, 1.82) is 0 Å². The summed E-state index contributed by atoms with van der Waals surface area (Å²) < 4.78 is 0. The number of carbonyl (C=O) groups excluding carboxylic acids is 1. The maximum absolute atomic E-state index is 11.9. The van der Waals surface area contributed by atoms with Crippen LogP contribution in [0.2, 0.25) is 0 Å². The van der Waals surface area contributed by atoms with E-state index >= 15 is 0 Å². The van der Waals surface area contributed by atoms with Crippen molar-refractivity contribution in [3.63, 3.8) is 0 Å². The van der Waals surface area contributed by atoms with Gasteiger partial charge in [0.2, 0.25) is 0 Å². The highest BCUT2D eigenvalue weighted by Crippen LogP contribution is 2.24. The number of rotatable bonds is 6. The number of nitrogens with zero attached hydrogens (tertiary/aromatic N) is 1. The van der Waals surface area contributed by atoms with Crippen LogP contribution in [0, 0.1) is 6.92 Å². The number of carboxylic acid groups (broad SMARTS) is 1. The third-order valence-corrected chi connectivity index (χ3v) is 3.83. The van der Waals surface area contributed by atoms with Gasteiger partial charge < -0.3 is 10.4 Å². The number of aromatic nitrogens is 1. The van der Waals surface area contributed by atoms with Gasteiger partial charge >= 0.3 is 5.97 Å². The zero-order chi connectivity index (χ0) is 15.2. The minimum atomic E-state index is -0.854. The molecule has 21 heavy (non-hydrogen) atoms. The van der Waals surface area contributed by atoms with Crippen LogP contribution in [0.25, 0.3) is 10.6 Å². The molecule has 6 heteroatoms. The van der Waals surface area contributed by atoms with Crippen LogP contribution >= 0.6 is 11.3 Å². The average molecular weight is 304 g/mol. The summed E-state index contributed by atoms with van der Waals surface area (Å²) in [6.07, 6.45) is 2.31. The Bertz CT molecular complexity index is 635. The molecule has 0 fully saturated rings. The van der Waals surface area contributed by atoms with E-state index in [0.29, 0.717) is 18.5 Å². The number of aryl methyl sites for hydroxylation is 1. The number of benzene rings is 1. The van der Waals surface area contributed by atoms with Crippen molar-refractivity contribution >= 4 is 23.2 Å². The van der Waals surface area contributed by atoms with Gasteiger partial charge in [-0.1, -0.05) is 12.1 Å². The van der Waals surface area contributed by atoms with Crippen molar-refractivity contribution in [2.45, 2.75) is 19.8 Å². The monoisotopic (exact) mass is 304 g/mol. The molecule has 2 N–H and O–H groups in total. The Kier molecular flexibility index (Phi) is 5.05. The number of aliphatic carboxylic acids is 1. The summed E-state index contributed by atoms with van der Waals surface area (Å²) in [7, 11) is 0. The SMILES string of the molecule is Cc1cnc(-c2ccc(C(=O)NCCCC(=O)O)cc2)s1. The molecule has 110 valence electrons. The fourth-order valence-corrected chi connectivity index (χ4v) is 2.57. The highest BCUT2D eigenvalue weighted by molar-refractivity contribution is 7.14. The standard InChI is InChI=1S/C15H16N2O3S/c1-10-9-17-15(21-10)12-6-4-11(5-7-12)14(20)16-8-2-3-13(18)19/h4-7,9H,2-3,8H2,1H3,(H,16,20)(H,18,19). The molecule has 2 aromatic rings. The Morgan fingerprint density at radius 3 is 2.57 bits per heavy atom. The fourth-order valence-electron chi connectivity index (χ4n) is 1.80. The van der Waals surface area contributed by atoms with Crippen LogP contribution in [0.3, 0.4) is 0 Å². The van der Waals surface area contributed by atoms with Crippen molar-refractivity contribution in [3.8, 4) is 10.6 Å². The molecule has 0 atom stereocenters. The van der Waals surface area contributed by atoms with Crippen molar-refractivity contribution in [3.05, 3.63) is 40.9 Å². The van der Waals surface area contributed by atoms with E-state index in [4.69, 9.17) is 5.11 Å². The van der Waals surface area contributed by atoms with Crippen LogP contribution in [-0.2, 0) is 4.79 Å². The predicted molar refractivity (Wildman–Crippen MR) is 81.5 cm³/mol. The number of amides is 1. The minimum Gasteiger partial charge on any atom is -0.481 e. The number of hydrogen-bond acceptors (Lipinski definition) is 4. The van der Waals surface area contributed by atoms with E-state index in [9.17, 15) is 9.59 Å². The molecule has 0 saturated heterocycles. The zero-order valence-corrected chi connectivity index (χ0v) is 12.4. The maximum atomic E-state index is 11.9. The Morgan fingerprint density at radius 1 is 1.29 bits per heavy atom. The van der Waals surface area contributed by atoms with E-state index in [1.54, 1.807) is 23.5 Å². The molecule has 1 aromatic carbocycles. The van der Waals surface area contributed by atoms with Crippen LogP contribution in [0.15, 0.2) is 30.5 Å². The minimum absolute atomic E-state index is 0.0582. The lowest BCUT2D eigenvalue weighted by molar-refractivity contribution is -0.137. The Hall–Kier alpha value is -2.21. The number of hydrogen-bond donors (Lipinski definition) is 2. The molecular weight excluding hydrogens is 288 g/mol. The molecule has 1 amide bonds. The molecule has 5 nitrogen and oxygen atoms in total. The molecule has 1 heterocycles. The first-order valence-corrected chi connectivity index (χ1v) is 7.41. The Labute approximate surface area is 126 Å². The molecule has 0 spiro atoms. The molecule has 0 saturated carbocycles. The molecule has 0 aliphatic carbocycles. The number of carboxylic acids is 1.